The molecule has 1 fully saturated rings. The Morgan fingerprint density at radius 1 is 1.12 bits per heavy atom. The van der Waals surface area contributed by atoms with Gasteiger partial charge in [-0.3, -0.25) is 9.89 Å². The van der Waals surface area contributed by atoms with Crippen molar-refractivity contribution >= 4 is 33.2 Å². The molecule has 1 aliphatic rings. The lowest BCUT2D eigenvalue weighted by molar-refractivity contribution is -0.0440. The fourth-order valence-corrected chi connectivity index (χ4v) is 5.75. The fourth-order valence-electron chi connectivity index (χ4n) is 3.66. The normalized spacial score (nSPS) is 19.6. The van der Waals surface area contributed by atoms with Crippen LogP contribution in [0.2, 0.25) is 5.02 Å². The highest BCUT2D eigenvalue weighted by Gasteiger charge is 2.33. The number of hydrogen-bond acceptors (Lipinski definition) is 5. The summed E-state index contributed by atoms with van der Waals surface area (Å²) < 4.78 is 33.4. The van der Waals surface area contributed by atoms with Gasteiger partial charge in [0.05, 0.1) is 22.9 Å². The minimum atomic E-state index is -3.89. The molecule has 0 bridgehead atoms. The van der Waals surface area contributed by atoms with E-state index < -0.39 is 15.9 Å². The number of sulfonamides is 1. The SMILES string of the molecule is C[C@@H]1CN(S(=O)(=O)c2cc(C(=O)Nc3ccc(-c4ccn[nH]4)cc3)ccc2Cl)C[C@@H](C)O1. The van der Waals surface area contributed by atoms with E-state index in [0.717, 1.165) is 11.3 Å². The molecule has 0 unspecified atom stereocenters. The average molecular weight is 475 g/mol. The zero-order chi connectivity index (χ0) is 22.9. The quantitative estimate of drug-likeness (QED) is 0.585. The van der Waals surface area contributed by atoms with Crippen molar-refractivity contribution < 1.29 is 17.9 Å². The summed E-state index contributed by atoms with van der Waals surface area (Å²) in [6.07, 6.45) is 1.20. The second kappa shape index (κ2) is 9.03. The van der Waals surface area contributed by atoms with Gasteiger partial charge < -0.3 is 10.1 Å². The van der Waals surface area contributed by atoms with Gasteiger partial charge in [-0.25, -0.2) is 8.42 Å². The number of halogens is 1. The maximum atomic E-state index is 13.2. The first-order chi connectivity index (χ1) is 15.2. The third kappa shape index (κ3) is 4.71. The lowest BCUT2D eigenvalue weighted by Crippen LogP contribution is -2.48. The Bertz CT molecular complexity index is 1200. The van der Waals surface area contributed by atoms with Crippen molar-refractivity contribution in [2.45, 2.75) is 31.0 Å². The van der Waals surface area contributed by atoms with Gasteiger partial charge in [0.15, 0.2) is 0 Å². The number of anilines is 1. The van der Waals surface area contributed by atoms with Crippen molar-refractivity contribution in [2.75, 3.05) is 18.4 Å². The molecular formula is C22H23ClN4O4S. The molecule has 1 amide bonds. The molecule has 1 saturated heterocycles. The van der Waals surface area contributed by atoms with Crippen molar-refractivity contribution in [2.24, 2.45) is 0 Å². The summed E-state index contributed by atoms with van der Waals surface area (Å²) in [7, 11) is -3.89. The van der Waals surface area contributed by atoms with E-state index in [-0.39, 0.29) is 40.8 Å². The number of morpholine rings is 1. The topological polar surface area (TPSA) is 104 Å². The Hall–Kier alpha value is -2.72. The van der Waals surface area contributed by atoms with Crippen LogP contribution < -0.4 is 5.32 Å². The summed E-state index contributed by atoms with van der Waals surface area (Å²) >= 11 is 6.23. The van der Waals surface area contributed by atoms with Crippen molar-refractivity contribution in [1.82, 2.24) is 14.5 Å². The summed E-state index contributed by atoms with van der Waals surface area (Å²) in [4.78, 5) is 12.7. The monoisotopic (exact) mass is 474 g/mol. The molecule has 0 saturated carbocycles. The van der Waals surface area contributed by atoms with Crippen LogP contribution in [-0.4, -0.2) is 54.1 Å². The molecule has 3 aromatic rings. The second-order valence-corrected chi connectivity index (χ2v) is 10.0. The summed E-state index contributed by atoms with van der Waals surface area (Å²) in [5.41, 5.74) is 2.56. The average Bonchev–Trinajstić information content (AvgIpc) is 3.28. The number of aromatic amines is 1. The van der Waals surface area contributed by atoms with Gasteiger partial charge in [0.2, 0.25) is 10.0 Å². The Balaban J connectivity index is 1.55. The van der Waals surface area contributed by atoms with E-state index in [4.69, 9.17) is 16.3 Å². The number of nitrogens with zero attached hydrogens (tertiary/aromatic N) is 2. The molecule has 10 heteroatoms. The molecule has 0 aliphatic carbocycles. The van der Waals surface area contributed by atoms with E-state index in [9.17, 15) is 13.2 Å². The Labute approximate surface area is 191 Å². The van der Waals surface area contributed by atoms with Crippen LogP contribution in [0.15, 0.2) is 59.6 Å². The fraction of sp³-hybridized carbons (Fsp3) is 0.273. The van der Waals surface area contributed by atoms with E-state index in [1.807, 2.05) is 32.0 Å². The van der Waals surface area contributed by atoms with Crippen molar-refractivity contribution in [3.8, 4) is 11.3 Å². The highest BCUT2D eigenvalue weighted by molar-refractivity contribution is 7.89. The third-order valence-corrected chi connectivity index (χ3v) is 7.47. The number of carbonyl (C=O) groups is 1. The van der Waals surface area contributed by atoms with Gasteiger partial charge in [-0.15, -0.1) is 0 Å². The largest absolute Gasteiger partial charge is 0.373 e. The molecular weight excluding hydrogens is 452 g/mol. The van der Waals surface area contributed by atoms with Gasteiger partial charge in [-0.2, -0.15) is 9.40 Å². The Kier molecular flexibility index (Phi) is 6.34. The van der Waals surface area contributed by atoms with E-state index in [0.29, 0.717) is 5.69 Å². The molecule has 4 rings (SSSR count). The Morgan fingerprint density at radius 3 is 2.44 bits per heavy atom. The molecule has 168 valence electrons. The van der Waals surface area contributed by atoms with Crippen LogP contribution >= 0.6 is 11.6 Å². The van der Waals surface area contributed by atoms with Gasteiger partial charge in [0, 0.05) is 30.5 Å². The third-order valence-electron chi connectivity index (χ3n) is 5.15. The summed E-state index contributed by atoms with van der Waals surface area (Å²) in [6, 6.07) is 13.3. The van der Waals surface area contributed by atoms with Gasteiger partial charge in [-0.1, -0.05) is 23.7 Å². The summed E-state index contributed by atoms with van der Waals surface area (Å²) in [5.74, 6) is -0.434. The first-order valence-electron chi connectivity index (χ1n) is 10.1. The molecule has 2 atom stereocenters. The summed E-state index contributed by atoms with van der Waals surface area (Å²) in [5, 5.41) is 9.65. The maximum Gasteiger partial charge on any atom is 0.255 e. The number of aromatic nitrogens is 2. The van der Waals surface area contributed by atoms with E-state index in [2.05, 4.69) is 15.5 Å². The molecule has 1 aliphatic heterocycles. The number of rotatable bonds is 5. The molecule has 1 aromatic heterocycles. The summed E-state index contributed by atoms with van der Waals surface area (Å²) in [6.45, 7) is 4.09. The minimum absolute atomic E-state index is 0.0669. The molecule has 2 heterocycles. The predicted octanol–water partition coefficient (Wildman–Crippen LogP) is 3.78. The number of benzene rings is 2. The smallest absolute Gasteiger partial charge is 0.255 e. The van der Waals surface area contributed by atoms with E-state index >= 15 is 0 Å². The van der Waals surface area contributed by atoms with Crippen LogP contribution in [0.5, 0.6) is 0 Å². The molecule has 32 heavy (non-hydrogen) atoms. The number of nitrogens with one attached hydrogen (secondary N) is 2. The highest BCUT2D eigenvalue weighted by Crippen LogP contribution is 2.28. The first kappa shape index (κ1) is 22.5. The lowest BCUT2D eigenvalue weighted by Gasteiger charge is -2.34. The van der Waals surface area contributed by atoms with Crippen molar-refractivity contribution in [1.29, 1.82) is 0 Å². The van der Waals surface area contributed by atoms with E-state index in [1.54, 1.807) is 18.3 Å². The van der Waals surface area contributed by atoms with Gasteiger partial charge in [-0.05, 0) is 55.8 Å². The predicted molar refractivity (Wildman–Crippen MR) is 122 cm³/mol. The lowest BCUT2D eigenvalue weighted by atomic mass is 10.1. The minimum Gasteiger partial charge on any atom is -0.373 e. The van der Waals surface area contributed by atoms with Gasteiger partial charge in [0.25, 0.3) is 5.91 Å². The highest BCUT2D eigenvalue weighted by atomic mass is 35.5. The van der Waals surface area contributed by atoms with Crippen molar-refractivity contribution in [3.63, 3.8) is 0 Å². The van der Waals surface area contributed by atoms with Crippen LogP contribution in [0, 0.1) is 0 Å². The van der Waals surface area contributed by atoms with Crippen LogP contribution in [0.25, 0.3) is 11.3 Å². The first-order valence-corrected chi connectivity index (χ1v) is 11.9. The van der Waals surface area contributed by atoms with Crippen LogP contribution in [0.3, 0.4) is 0 Å². The molecule has 2 N–H and O–H groups in total. The van der Waals surface area contributed by atoms with Gasteiger partial charge >= 0.3 is 0 Å². The number of amides is 1. The molecule has 0 spiro atoms. The Morgan fingerprint density at radius 2 is 1.81 bits per heavy atom. The van der Waals surface area contributed by atoms with Crippen molar-refractivity contribution in [3.05, 3.63) is 65.3 Å². The van der Waals surface area contributed by atoms with Crippen LogP contribution in [-0.2, 0) is 14.8 Å². The number of H-pyrrole nitrogens is 1. The molecule has 8 nitrogen and oxygen atoms in total. The number of carbonyl (C=O) groups excluding carboxylic acids is 1. The number of ether oxygens (including phenoxy) is 1. The molecule has 2 aromatic carbocycles. The zero-order valence-electron chi connectivity index (χ0n) is 17.6. The van der Waals surface area contributed by atoms with Crippen LogP contribution in [0.1, 0.15) is 24.2 Å². The maximum absolute atomic E-state index is 13.2. The zero-order valence-corrected chi connectivity index (χ0v) is 19.2. The molecule has 0 radical (unpaired) electrons. The van der Waals surface area contributed by atoms with Crippen LogP contribution in [0.4, 0.5) is 5.69 Å². The second-order valence-electron chi connectivity index (χ2n) is 7.73. The number of hydrogen-bond donors (Lipinski definition) is 2. The standard InChI is InChI=1S/C22H23ClN4O4S/c1-14-12-27(13-15(2)31-14)32(29,30)21-11-17(5-8-19(21)23)22(28)25-18-6-3-16(4-7-18)20-9-10-24-26-20/h3-11,14-15H,12-13H2,1-2H3,(H,24,26)(H,25,28)/t14-,15-/m1/s1. The van der Waals surface area contributed by atoms with E-state index in [1.165, 1.54) is 22.5 Å². The van der Waals surface area contributed by atoms with Gasteiger partial charge in [0.1, 0.15) is 4.90 Å².